The molecule has 3 heterocycles. The number of anilines is 1. The number of fused-ring (bicyclic) bond motifs is 2. The van der Waals surface area contributed by atoms with Crippen LogP contribution in [-0.4, -0.2) is 82.5 Å². The van der Waals surface area contributed by atoms with Crippen molar-refractivity contribution in [2.24, 2.45) is 0 Å². The molecule has 3 aromatic rings. The number of pyridine rings is 1. The Morgan fingerprint density at radius 3 is 2.44 bits per heavy atom. The molecule has 2 aliphatic rings. The number of rotatable bonds is 4. The van der Waals surface area contributed by atoms with Gasteiger partial charge in [0.05, 0.1) is 23.7 Å². The van der Waals surface area contributed by atoms with E-state index < -0.39 is 29.0 Å². The van der Waals surface area contributed by atoms with Gasteiger partial charge >= 0.3 is 6.09 Å². The fourth-order valence-corrected chi connectivity index (χ4v) is 5.74. The monoisotopic (exact) mass is 611 g/mol. The average molecular weight is 612 g/mol. The van der Waals surface area contributed by atoms with Crippen molar-refractivity contribution in [2.45, 2.75) is 45.8 Å². The summed E-state index contributed by atoms with van der Waals surface area (Å²) in [5.74, 6) is -1.28. The Morgan fingerprint density at radius 2 is 1.74 bits per heavy atom. The van der Waals surface area contributed by atoms with Gasteiger partial charge in [0, 0.05) is 37.7 Å². The number of carbonyl (C=O) groups is 3. The Kier molecular flexibility index (Phi) is 8.38. The summed E-state index contributed by atoms with van der Waals surface area (Å²) in [6.45, 7) is 8.80. The molecule has 228 valence electrons. The van der Waals surface area contributed by atoms with Gasteiger partial charge in [-0.05, 0) is 81.0 Å². The van der Waals surface area contributed by atoms with E-state index in [1.807, 2.05) is 19.1 Å². The molecule has 0 radical (unpaired) electrons. The van der Waals surface area contributed by atoms with E-state index in [1.165, 1.54) is 12.1 Å². The highest BCUT2D eigenvalue weighted by Crippen LogP contribution is 2.31. The molecule has 3 amide bonds. The summed E-state index contributed by atoms with van der Waals surface area (Å²) in [5, 5.41) is 3.97. The standard InChI is InChI=1S/C31H35ClFN5O5/c1-18-22-6-5-21(32)13-19(22)7-8-38(18)27(39)17-34-25-14-20-15-26(35-28(40)23(20)16-24(25)33)29(41)36-9-11-37(12-10-36)30(42)43-31(2,3)4/h5-6,13-16,18,34H,7-12,17H2,1-4H3,(H,35,40)/t18-/m0/s1. The maximum absolute atomic E-state index is 15.0. The second kappa shape index (κ2) is 11.9. The summed E-state index contributed by atoms with van der Waals surface area (Å²) in [4.78, 5) is 58.9. The smallest absolute Gasteiger partial charge is 0.410 e. The lowest BCUT2D eigenvalue weighted by atomic mass is 9.93. The number of aromatic amines is 1. The highest BCUT2D eigenvalue weighted by Gasteiger charge is 2.30. The number of amides is 3. The predicted molar refractivity (Wildman–Crippen MR) is 162 cm³/mol. The van der Waals surface area contributed by atoms with Crippen LogP contribution in [0.2, 0.25) is 5.02 Å². The number of benzene rings is 2. The zero-order valence-corrected chi connectivity index (χ0v) is 25.4. The predicted octanol–water partition coefficient (Wildman–Crippen LogP) is 4.57. The van der Waals surface area contributed by atoms with Gasteiger partial charge in [-0.3, -0.25) is 14.4 Å². The van der Waals surface area contributed by atoms with E-state index in [4.69, 9.17) is 16.3 Å². The van der Waals surface area contributed by atoms with Crippen molar-refractivity contribution in [3.05, 3.63) is 74.4 Å². The third-order valence-electron chi connectivity index (χ3n) is 7.78. The van der Waals surface area contributed by atoms with Crippen LogP contribution in [0.5, 0.6) is 0 Å². The van der Waals surface area contributed by atoms with Crippen LogP contribution in [0.4, 0.5) is 14.9 Å². The van der Waals surface area contributed by atoms with E-state index >= 15 is 0 Å². The zero-order chi connectivity index (χ0) is 31.1. The van der Waals surface area contributed by atoms with Crippen molar-refractivity contribution in [1.82, 2.24) is 19.7 Å². The Morgan fingerprint density at radius 1 is 1.05 bits per heavy atom. The van der Waals surface area contributed by atoms with Gasteiger partial charge in [0.25, 0.3) is 11.5 Å². The van der Waals surface area contributed by atoms with E-state index in [9.17, 15) is 23.6 Å². The molecule has 5 rings (SSSR count). The van der Waals surface area contributed by atoms with Crippen LogP contribution in [0.3, 0.4) is 0 Å². The van der Waals surface area contributed by atoms with Gasteiger partial charge in [0.15, 0.2) is 0 Å². The molecular weight excluding hydrogens is 577 g/mol. The maximum atomic E-state index is 15.0. The topological polar surface area (TPSA) is 115 Å². The van der Waals surface area contributed by atoms with Crippen molar-refractivity contribution in [1.29, 1.82) is 0 Å². The number of H-pyrrole nitrogens is 1. The lowest BCUT2D eigenvalue weighted by Gasteiger charge is -2.35. The van der Waals surface area contributed by atoms with E-state index in [0.29, 0.717) is 36.5 Å². The van der Waals surface area contributed by atoms with Crippen molar-refractivity contribution in [2.75, 3.05) is 44.6 Å². The molecule has 0 aliphatic carbocycles. The molecule has 0 unspecified atom stereocenters. The van der Waals surface area contributed by atoms with Gasteiger partial charge in [0.2, 0.25) is 5.91 Å². The first-order valence-corrected chi connectivity index (χ1v) is 14.6. The minimum atomic E-state index is -0.685. The van der Waals surface area contributed by atoms with E-state index in [0.717, 1.165) is 17.2 Å². The number of hydrogen-bond acceptors (Lipinski definition) is 6. The first kappa shape index (κ1) is 30.3. The fourth-order valence-electron chi connectivity index (χ4n) is 5.54. The normalized spacial score (nSPS) is 17.1. The van der Waals surface area contributed by atoms with Crippen molar-refractivity contribution in [3.8, 4) is 0 Å². The Bertz CT molecular complexity index is 1640. The van der Waals surface area contributed by atoms with Crippen molar-refractivity contribution in [3.63, 3.8) is 0 Å². The summed E-state index contributed by atoms with van der Waals surface area (Å²) in [5.41, 5.74) is 1.02. The Balaban J connectivity index is 1.27. The number of nitrogens with one attached hydrogen (secondary N) is 2. The molecule has 2 aliphatic heterocycles. The van der Waals surface area contributed by atoms with E-state index in [2.05, 4.69) is 10.3 Å². The van der Waals surface area contributed by atoms with Gasteiger partial charge in [-0.15, -0.1) is 0 Å². The highest BCUT2D eigenvalue weighted by molar-refractivity contribution is 6.30. The summed E-state index contributed by atoms with van der Waals surface area (Å²) in [6, 6.07) is 9.52. The molecule has 1 saturated heterocycles. The Hall–Kier alpha value is -4.12. The molecule has 2 aromatic carbocycles. The minimum absolute atomic E-state index is 0.0488. The number of piperazine rings is 1. The molecule has 0 bridgehead atoms. The molecule has 12 heteroatoms. The third-order valence-corrected chi connectivity index (χ3v) is 8.01. The number of carbonyl (C=O) groups excluding carboxylic acids is 3. The van der Waals surface area contributed by atoms with Gasteiger partial charge in [0.1, 0.15) is 17.1 Å². The van der Waals surface area contributed by atoms with E-state index in [-0.39, 0.29) is 48.4 Å². The molecule has 1 fully saturated rings. The van der Waals surface area contributed by atoms with Crippen LogP contribution >= 0.6 is 11.6 Å². The fraction of sp³-hybridized carbons (Fsp3) is 0.419. The zero-order valence-electron chi connectivity index (χ0n) is 24.6. The van der Waals surface area contributed by atoms with Crippen LogP contribution in [0.25, 0.3) is 10.8 Å². The summed E-state index contributed by atoms with van der Waals surface area (Å²) >= 11 is 6.12. The largest absolute Gasteiger partial charge is 0.444 e. The Labute approximate surface area is 253 Å². The van der Waals surface area contributed by atoms with Crippen LogP contribution in [0, 0.1) is 5.82 Å². The minimum Gasteiger partial charge on any atom is -0.444 e. The van der Waals surface area contributed by atoms with Crippen molar-refractivity contribution < 1.29 is 23.5 Å². The third kappa shape index (κ3) is 6.61. The van der Waals surface area contributed by atoms with Crippen LogP contribution in [-0.2, 0) is 16.0 Å². The molecule has 1 aromatic heterocycles. The van der Waals surface area contributed by atoms with Crippen LogP contribution in [0.1, 0.15) is 55.4 Å². The summed E-state index contributed by atoms with van der Waals surface area (Å²) in [7, 11) is 0. The second-order valence-corrected chi connectivity index (χ2v) is 12.3. The lowest BCUT2D eigenvalue weighted by Crippen LogP contribution is -2.51. The first-order valence-electron chi connectivity index (χ1n) is 14.3. The molecule has 2 N–H and O–H groups in total. The van der Waals surface area contributed by atoms with Gasteiger partial charge in [-0.2, -0.15) is 0 Å². The molecule has 0 saturated carbocycles. The highest BCUT2D eigenvalue weighted by atomic mass is 35.5. The van der Waals surface area contributed by atoms with Crippen LogP contribution in [0.15, 0.2) is 41.2 Å². The van der Waals surface area contributed by atoms with Gasteiger partial charge in [-0.1, -0.05) is 17.7 Å². The molecule has 0 spiro atoms. The number of ether oxygens (including phenoxy) is 1. The summed E-state index contributed by atoms with van der Waals surface area (Å²) in [6.07, 6.45) is 0.232. The molecular formula is C31H35ClFN5O5. The van der Waals surface area contributed by atoms with E-state index in [1.54, 1.807) is 41.5 Å². The number of hydrogen-bond donors (Lipinski definition) is 2. The lowest BCUT2D eigenvalue weighted by molar-refractivity contribution is -0.131. The SMILES string of the molecule is C[C@H]1c2ccc(Cl)cc2CCN1C(=O)CNc1cc2cc(C(=O)N3CCN(C(=O)OC(C)(C)C)CC3)[nH]c(=O)c2cc1F. The molecule has 10 nitrogen and oxygen atoms in total. The summed E-state index contributed by atoms with van der Waals surface area (Å²) < 4.78 is 20.4. The van der Waals surface area contributed by atoms with Gasteiger partial charge in [-0.25, -0.2) is 9.18 Å². The molecule has 1 atom stereocenters. The maximum Gasteiger partial charge on any atom is 0.410 e. The number of aromatic nitrogens is 1. The van der Waals surface area contributed by atoms with Crippen molar-refractivity contribution >= 4 is 46.0 Å². The van der Waals surface area contributed by atoms with Gasteiger partial charge < -0.3 is 29.7 Å². The first-order chi connectivity index (χ1) is 20.3. The quantitative estimate of drug-likeness (QED) is 0.447. The second-order valence-electron chi connectivity index (χ2n) is 11.9. The average Bonchev–Trinajstić information content (AvgIpc) is 2.95. The number of halogens is 2. The number of nitrogens with zero attached hydrogens (tertiary/aromatic N) is 3. The van der Waals surface area contributed by atoms with Crippen LogP contribution < -0.4 is 10.9 Å². The molecule has 43 heavy (non-hydrogen) atoms.